The van der Waals surface area contributed by atoms with Crippen LogP contribution >= 0.6 is 0 Å². The molecule has 0 radical (unpaired) electrons. The standard InChI is InChI=1S/C23H32N2/c1-3-4-6-20-11-14-23(15-12-20)13-5-16-25(18-23)19(2)22-9-7-21(17-24)8-10-22/h7-10,20H,2-6,11-16,18H2,1H3. The van der Waals surface area contributed by atoms with Gasteiger partial charge in [-0.1, -0.05) is 44.9 Å². The van der Waals surface area contributed by atoms with Crippen LogP contribution in [-0.2, 0) is 0 Å². The molecule has 0 amide bonds. The summed E-state index contributed by atoms with van der Waals surface area (Å²) in [6, 6.07) is 10.1. The summed E-state index contributed by atoms with van der Waals surface area (Å²) in [4.78, 5) is 2.51. The number of likely N-dealkylation sites (tertiary alicyclic amines) is 1. The van der Waals surface area contributed by atoms with E-state index in [0.29, 0.717) is 5.41 Å². The van der Waals surface area contributed by atoms with Gasteiger partial charge in [-0.15, -0.1) is 0 Å². The Hall–Kier alpha value is -1.75. The van der Waals surface area contributed by atoms with Crippen LogP contribution in [0.15, 0.2) is 30.8 Å². The van der Waals surface area contributed by atoms with E-state index in [4.69, 9.17) is 5.26 Å². The predicted octanol–water partition coefficient (Wildman–Crippen LogP) is 5.99. The number of unbranched alkanes of at least 4 members (excludes halogenated alkanes) is 1. The van der Waals surface area contributed by atoms with Gasteiger partial charge >= 0.3 is 0 Å². The van der Waals surface area contributed by atoms with Crippen molar-refractivity contribution in [3.05, 3.63) is 42.0 Å². The number of piperidine rings is 1. The minimum Gasteiger partial charge on any atom is -0.371 e. The first-order valence-electron chi connectivity index (χ1n) is 10.1. The summed E-state index contributed by atoms with van der Waals surface area (Å²) in [5, 5.41) is 8.97. The molecule has 0 aromatic heterocycles. The molecule has 134 valence electrons. The van der Waals surface area contributed by atoms with E-state index < -0.39 is 0 Å². The van der Waals surface area contributed by atoms with E-state index in [9.17, 15) is 0 Å². The highest BCUT2D eigenvalue weighted by atomic mass is 15.1. The molecule has 1 aliphatic heterocycles. The van der Waals surface area contributed by atoms with E-state index in [-0.39, 0.29) is 0 Å². The van der Waals surface area contributed by atoms with Crippen LogP contribution in [-0.4, -0.2) is 18.0 Å². The van der Waals surface area contributed by atoms with Gasteiger partial charge < -0.3 is 4.90 Å². The van der Waals surface area contributed by atoms with Crippen molar-refractivity contribution in [3.8, 4) is 6.07 Å². The molecule has 1 heterocycles. The highest BCUT2D eigenvalue weighted by Crippen LogP contribution is 2.47. The quantitative estimate of drug-likeness (QED) is 0.660. The first-order valence-corrected chi connectivity index (χ1v) is 10.1. The van der Waals surface area contributed by atoms with Crippen molar-refractivity contribution in [1.29, 1.82) is 5.26 Å². The summed E-state index contributed by atoms with van der Waals surface area (Å²) in [6.45, 7) is 8.98. The largest absolute Gasteiger partial charge is 0.371 e. The highest BCUT2D eigenvalue weighted by molar-refractivity contribution is 5.62. The van der Waals surface area contributed by atoms with E-state index in [0.717, 1.165) is 29.3 Å². The molecule has 1 aromatic rings. The molecule has 1 aromatic carbocycles. The lowest BCUT2D eigenvalue weighted by atomic mass is 9.65. The Morgan fingerprint density at radius 3 is 2.60 bits per heavy atom. The van der Waals surface area contributed by atoms with Crippen LogP contribution in [0.5, 0.6) is 0 Å². The zero-order valence-electron chi connectivity index (χ0n) is 15.8. The maximum absolute atomic E-state index is 8.97. The lowest BCUT2D eigenvalue weighted by Gasteiger charge is -2.48. The summed E-state index contributed by atoms with van der Waals surface area (Å²) in [5.74, 6) is 0.975. The molecule has 0 atom stereocenters. The van der Waals surface area contributed by atoms with Gasteiger partial charge in [-0.3, -0.25) is 0 Å². The van der Waals surface area contributed by atoms with E-state index in [1.165, 1.54) is 64.3 Å². The second kappa shape index (κ2) is 8.09. The molecule has 3 rings (SSSR count). The van der Waals surface area contributed by atoms with Crippen molar-refractivity contribution in [1.82, 2.24) is 4.90 Å². The van der Waals surface area contributed by atoms with Crippen LogP contribution in [0.3, 0.4) is 0 Å². The van der Waals surface area contributed by atoms with Crippen LogP contribution in [0.2, 0.25) is 0 Å². The van der Waals surface area contributed by atoms with Gasteiger partial charge in [-0.05, 0) is 67.6 Å². The summed E-state index contributed by atoms with van der Waals surface area (Å²) < 4.78 is 0. The van der Waals surface area contributed by atoms with Crippen LogP contribution in [0.1, 0.15) is 75.8 Å². The van der Waals surface area contributed by atoms with E-state index in [1.54, 1.807) is 0 Å². The van der Waals surface area contributed by atoms with Gasteiger partial charge in [0.25, 0.3) is 0 Å². The summed E-state index contributed by atoms with van der Waals surface area (Å²) >= 11 is 0. The smallest absolute Gasteiger partial charge is 0.0991 e. The van der Waals surface area contributed by atoms with Crippen molar-refractivity contribution in [2.45, 2.75) is 64.7 Å². The predicted molar refractivity (Wildman–Crippen MR) is 105 cm³/mol. The third-order valence-corrected chi connectivity index (χ3v) is 6.52. The first-order chi connectivity index (χ1) is 12.2. The lowest BCUT2D eigenvalue weighted by molar-refractivity contribution is 0.0642. The Morgan fingerprint density at radius 1 is 1.24 bits per heavy atom. The second-order valence-electron chi connectivity index (χ2n) is 8.25. The first kappa shape index (κ1) is 18.1. The molecule has 1 saturated heterocycles. The summed E-state index contributed by atoms with van der Waals surface area (Å²) in [7, 11) is 0. The molecule has 1 aliphatic carbocycles. The van der Waals surface area contributed by atoms with Gasteiger partial charge in [-0.2, -0.15) is 5.26 Å². The molecule has 2 heteroatoms. The van der Waals surface area contributed by atoms with Crippen molar-refractivity contribution in [3.63, 3.8) is 0 Å². The number of nitriles is 1. The van der Waals surface area contributed by atoms with Crippen molar-refractivity contribution >= 4 is 5.70 Å². The molecule has 0 bridgehead atoms. The molecule has 0 unspecified atom stereocenters. The topological polar surface area (TPSA) is 27.0 Å². The fourth-order valence-corrected chi connectivity index (χ4v) is 4.84. The van der Waals surface area contributed by atoms with Crippen molar-refractivity contribution in [2.75, 3.05) is 13.1 Å². The number of rotatable bonds is 5. The molecule has 0 N–H and O–H groups in total. The minimum absolute atomic E-state index is 0.524. The number of hydrogen-bond acceptors (Lipinski definition) is 2. The summed E-state index contributed by atoms with van der Waals surface area (Å²) in [5.41, 5.74) is 3.54. The molecule has 25 heavy (non-hydrogen) atoms. The van der Waals surface area contributed by atoms with Gasteiger partial charge in [0.15, 0.2) is 0 Å². The average Bonchev–Trinajstić information content (AvgIpc) is 2.67. The third-order valence-electron chi connectivity index (χ3n) is 6.52. The Balaban J connectivity index is 1.61. The van der Waals surface area contributed by atoms with E-state index >= 15 is 0 Å². The molecule has 2 fully saturated rings. The Kier molecular flexibility index (Phi) is 5.84. The molecule has 1 saturated carbocycles. The number of nitrogens with zero attached hydrogens (tertiary/aromatic N) is 2. The zero-order chi connectivity index (χ0) is 17.7. The van der Waals surface area contributed by atoms with Crippen LogP contribution < -0.4 is 0 Å². The van der Waals surface area contributed by atoms with Crippen LogP contribution in [0.25, 0.3) is 5.70 Å². The normalized spacial score (nSPS) is 26.4. The SMILES string of the molecule is C=C(c1ccc(C#N)cc1)N1CCCC2(CCC(CCCC)CC2)C1. The Labute approximate surface area is 153 Å². The summed E-state index contributed by atoms with van der Waals surface area (Å²) in [6.07, 6.45) is 12.5. The van der Waals surface area contributed by atoms with Gasteiger partial charge in [-0.25, -0.2) is 0 Å². The third kappa shape index (κ3) is 4.27. The van der Waals surface area contributed by atoms with Crippen molar-refractivity contribution in [2.24, 2.45) is 11.3 Å². The monoisotopic (exact) mass is 336 g/mol. The van der Waals surface area contributed by atoms with Gasteiger partial charge in [0, 0.05) is 18.8 Å². The highest BCUT2D eigenvalue weighted by Gasteiger charge is 2.38. The van der Waals surface area contributed by atoms with Gasteiger partial charge in [0.1, 0.15) is 0 Å². The number of hydrogen-bond donors (Lipinski definition) is 0. The number of benzene rings is 1. The van der Waals surface area contributed by atoms with E-state index in [1.807, 2.05) is 24.3 Å². The molecule has 2 aliphatic rings. The average molecular weight is 337 g/mol. The lowest BCUT2D eigenvalue weighted by Crippen LogP contribution is -2.44. The van der Waals surface area contributed by atoms with Crippen molar-refractivity contribution < 1.29 is 0 Å². The minimum atomic E-state index is 0.524. The molecular weight excluding hydrogens is 304 g/mol. The molecular formula is C23H32N2. The van der Waals surface area contributed by atoms with Crippen LogP contribution in [0.4, 0.5) is 0 Å². The molecule has 1 spiro atoms. The molecule has 2 nitrogen and oxygen atoms in total. The van der Waals surface area contributed by atoms with E-state index in [2.05, 4.69) is 24.5 Å². The fraction of sp³-hybridized carbons (Fsp3) is 0.609. The Bertz CT molecular complexity index is 614. The fourth-order valence-electron chi connectivity index (χ4n) is 4.84. The maximum Gasteiger partial charge on any atom is 0.0991 e. The zero-order valence-corrected chi connectivity index (χ0v) is 15.8. The second-order valence-corrected chi connectivity index (χ2v) is 8.25. The maximum atomic E-state index is 8.97. The van der Waals surface area contributed by atoms with Gasteiger partial charge in [0.05, 0.1) is 11.6 Å². The van der Waals surface area contributed by atoms with Gasteiger partial charge in [0.2, 0.25) is 0 Å². The Morgan fingerprint density at radius 2 is 1.96 bits per heavy atom. The van der Waals surface area contributed by atoms with Crippen LogP contribution in [0, 0.1) is 22.7 Å².